The van der Waals surface area contributed by atoms with E-state index >= 15 is 0 Å². The van der Waals surface area contributed by atoms with Gasteiger partial charge in [-0.1, -0.05) is 44.9 Å². The third-order valence-corrected chi connectivity index (χ3v) is 14.6. The van der Waals surface area contributed by atoms with Crippen LogP contribution in [-0.2, 0) is 37.3 Å². The molecule has 52 heavy (non-hydrogen) atoms. The first kappa shape index (κ1) is 34.0. The number of aromatic amines is 2. The number of methoxy groups -OCH3 is 3. The van der Waals surface area contributed by atoms with Crippen molar-refractivity contribution in [2.24, 2.45) is 29.6 Å². The number of esters is 2. The molecule has 10 rings (SSSR count). The van der Waals surface area contributed by atoms with Gasteiger partial charge >= 0.3 is 11.9 Å². The molecule has 0 radical (unpaired) electrons. The van der Waals surface area contributed by atoms with Gasteiger partial charge < -0.3 is 29.1 Å². The lowest BCUT2D eigenvalue weighted by atomic mass is 9.56. The number of rotatable bonds is 6. The second-order valence-corrected chi connectivity index (χ2v) is 16.7. The highest BCUT2D eigenvalue weighted by molar-refractivity contribution is 5.95. The van der Waals surface area contributed by atoms with Crippen molar-refractivity contribution in [3.63, 3.8) is 0 Å². The van der Waals surface area contributed by atoms with Crippen molar-refractivity contribution in [1.29, 1.82) is 0 Å². The van der Waals surface area contributed by atoms with Gasteiger partial charge in [0.25, 0.3) is 0 Å². The Bertz CT molecular complexity index is 2050. The van der Waals surface area contributed by atoms with Crippen molar-refractivity contribution in [3.8, 4) is 5.75 Å². The highest BCUT2D eigenvalue weighted by atomic mass is 16.5. The van der Waals surface area contributed by atoms with Gasteiger partial charge in [0.1, 0.15) is 11.2 Å². The summed E-state index contributed by atoms with van der Waals surface area (Å²) in [7, 11) is 7.06. The largest absolute Gasteiger partial charge is 0.496 e. The number of carbonyl (C=O) groups excluding carboxylic acids is 2. The SMILES string of the molecule is CC[C@@H]1CN(C)[C@H]2Cc3c([nH]c4ccccc34)[C@H](c3c(OC)ccc4c5c([nH]c34)C3(C(=O)OC)C[C@@H]4C[C@H](CC)[C@@H]3N(CC5)C4)C[C@@H]1C2C(=O)OC. The van der Waals surface area contributed by atoms with Crippen LogP contribution in [0, 0.1) is 29.6 Å². The van der Waals surface area contributed by atoms with E-state index in [9.17, 15) is 9.59 Å². The molecule has 0 amide bonds. The number of likely N-dealkylation sites (N-methyl/N-ethyl adjacent to an activating group) is 1. The zero-order valence-electron chi connectivity index (χ0n) is 31.6. The number of para-hydroxylation sites is 1. The number of carbonyl (C=O) groups is 2. The smallest absolute Gasteiger partial charge is 0.319 e. The van der Waals surface area contributed by atoms with Crippen LogP contribution in [0.5, 0.6) is 5.75 Å². The Labute approximate surface area is 306 Å². The Morgan fingerprint density at radius 3 is 2.48 bits per heavy atom. The van der Waals surface area contributed by atoms with E-state index in [-0.39, 0.29) is 41.8 Å². The van der Waals surface area contributed by atoms with E-state index in [0.29, 0.717) is 17.8 Å². The molecule has 3 unspecified atom stereocenters. The van der Waals surface area contributed by atoms with Crippen molar-refractivity contribution in [2.75, 3.05) is 48.0 Å². The number of H-pyrrole nitrogens is 2. The third kappa shape index (κ3) is 4.66. The second-order valence-electron chi connectivity index (χ2n) is 16.7. The maximum absolute atomic E-state index is 14.4. The maximum Gasteiger partial charge on any atom is 0.319 e. The highest BCUT2D eigenvalue weighted by Crippen LogP contribution is 2.57. The minimum absolute atomic E-state index is 0.0366. The normalized spacial score (nSPS) is 33.8. The summed E-state index contributed by atoms with van der Waals surface area (Å²) >= 11 is 0. The Morgan fingerprint density at radius 2 is 1.73 bits per heavy atom. The van der Waals surface area contributed by atoms with Crippen molar-refractivity contribution >= 4 is 33.7 Å². The van der Waals surface area contributed by atoms with Crippen LogP contribution in [0.3, 0.4) is 0 Å². The Kier molecular flexibility index (Phi) is 8.27. The lowest BCUT2D eigenvalue weighted by Crippen LogP contribution is -2.67. The van der Waals surface area contributed by atoms with E-state index in [4.69, 9.17) is 14.2 Å². The number of likely N-dealkylation sites (tertiary alicyclic amines) is 1. The van der Waals surface area contributed by atoms with Crippen LogP contribution in [0.25, 0.3) is 21.8 Å². The van der Waals surface area contributed by atoms with Gasteiger partial charge in [-0.2, -0.15) is 0 Å². The molecule has 6 heterocycles. The Hall–Kier alpha value is -3.82. The van der Waals surface area contributed by atoms with Gasteiger partial charge in [0.05, 0.1) is 32.8 Å². The van der Waals surface area contributed by atoms with E-state index in [0.717, 1.165) is 86.2 Å². The van der Waals surface area contributed by atoms with E-state index in [1.54, 1.807) is 21.3 Å². The molecule has 6 aliphatic rings. The predicted octanol–water partition coefficient (Wildman–Crippen LogP) is 6.57. The lowest BCUT2D eigenvalue weighted by molar-refractivity contribution is -0.162. The summed E-state index contributed by atoms with van der Waals surface area (Å²) in [6.07, 6.45) is 6.43. The standard InChI is InChI=1S/C43H54N4O5/c1-7-24-17-23-20-43(42(49)52-6)39-28(15-16-47(21-23)40(24)43)27-13-14-34(50-4)36(38(27)45-39)31-18-29-25(8-2)22-46(3)33(35(29)41(48)51-5)19-30-26-11-9-10-12-32(26)44-37(30)31/h9-14,23-25,29,31,33,35,40,44-45H,7-8,15-22H2,1-6H3/t23-,24-,25+,29-,31-,33-,35?,40-,43?/m0/s1. The molecule has 4 aliphatic heterocycles. The molecule has 2 aromatic carbocycles. The molecule has 4 fully saturated rings. The molecular formula is C43H54N4O5. The van der Waals surface area contributed by atoms with Crippen molar-refractivity contribution in [1.82, 2.24) is 19.8 Å². The molecule has 0 spiro atoms. The van der Waals surface area contributed by atoms with Crippen molar-refractivity contribution < 1.29 is 23.8 Å². The van der Waals surface area contributed by atoms with Crippen molar-refractivity contribution in [2.45, 2.75) is 82.2 Å². The van der Waals surface area contributed by atoms with E-state index in [2.05, 4.69) is 77.1 Å². The minimum atomic E-state index is -0.746. The summed E-state index contributed by atoms with van der Waals surface area (Å²) in [6, 6.07) is 13.1. The van der Waals surface area contributed by atoms with Crippen LogP contribution >= 0.6 is 0 Å². The van der Waals surface area contributed by atoms with Crippen LogP contribution in [0.4, 0.5) is 0 Å². The third-order valence-electron chi connectivity index (χ3n) is 14.6. The number of hydrogen-bond acceptors (Lipinski definition) is 7. The molecule has 2 aromatic heterocycles. The maximum atomic E-state index is 14.4. The van der Waals surface area contributed by atoms with Gasteiger partial charge in [-0.15, -0.1) is 0 Å². The van der Waals surface area contributed by atoms with Gasteiger partial charge in [-0.05, 0) is 92.1 Å². The van der Waals surface area contributed by atoms with E-state index < -0.39 is 5.41 Å². The van der Waals surface area contributed by atoms with Crippen LogP contribution in [0.15, 0.2) is 36.4 Å². The fourth-order valence-electron chi connectivity index (χ4n) is 12.5. The summed E-state index contributed by atoms with van der Waals surface area (Å²) in [6.45, 7) is 7.48. The number of nitrogens with zero attached hydrogens (tertiary/aromatic N) is 2. The number of hydrogen-bond donors (Lipinski definition) is 2. The number of nitrogens with one attached hydrogen (secondary N) is 2. The molecule has 4 aromatic rings. The second kappa shape index (κ2) is 12.7. The molecule has 276 valence electrons. The van der Waals surface area contributed by atoms with Gasteiger partial charge in [-0.3, -0.25) is 14.5 Å². The predicted molar refractivity (Wildman–Crippen MR) is 202 cm³/mol. The molecule has 9 nitrogen and oxygen atoms in total. The van der Waals surface area contributed by atoms with Crippen LogP contribution in [-0.4, -0.2) is 91.8 Å². The summed E-state index contributed by atoms with van der Waals surface area (Å²) in [5.41, 5.74) is 7.31. The molecule has 3 saturated heterocycles. The first-order valence-corrected chi connectivity index (χ1v) is 19.7. The first-order chi connectivity index (χ1) is 25.3. The number of fused-ring (bicyclic) bond motifs is 9. The highest BCUT2D eigenvalue weighted by Gasteiger charge is 2.63. The van der Waals surface area contributed by atoms with Gasteiger partial charge in [0.2, 0.25) is 0 Å². The molecule has 1 saturated carbocycles. The van der Waals surface area contributed by atoms with Crippen LogP contribution < -0.4 is 4.74 Å². The lowest BCUT2D eigenvalue weighted by Gasteiger charge is -2.57. The monoisotopic (exact) mass is 706 g/mol. The number of aromatic nitrogens is 2. The summed E-state index contributed by atoms with van der Waals surface area (Å²) in [5.74, 6) is 1.62. The molecule has 6 bridgehead atoms. The van der Waals surface area contributed by atoms with Gasteiger partial charge in [-0.25, -0.2) is 0 Å². The van der Waals surface area contributed by atoms with Crippen LogP contribution in [0.1, 0.15) is 79.9 Å². The van der Waals surface area contributed by atoms with Gasteiger partial charge in [0.15, 0.2) is 0 Å². The van der Waals surface area contributed by atoms with Crippen LogP contribution in [0.2, 0.25) is 0 Å². The average molecular weight is 707 g/mol. The van der Waals surface area contributed by atoms with Gasteiger partial charge in [0, 0.05) is 70.9 Å². The first-order valence-electron chi connectivity index (χ1n) is 19.7. The minimum Gasteiger partial charge on any atom is -0.496 e. The fraction of sp³-hybridized carbons (Fsp3) is 0.581. The number of ether oxygens (including phenoxy) is 3. The molecule has 10 atom stereocenters. The Balaban J connectivity index is 1.31. The summed E-state index contributed by atoms with van der Waals surface area (Å²) in [5, 5.41) is 2.38. The van der Waals surface area contributed by atoms with Crippen molar-refractivity contribution in [3.05, 3.63) is 64.5 Å². The summed E-state index contributed by atoms with van der Waals surface area (Å²) < 4.78 is 17.7. The zero-order chi connectivity index (χ0) is 36.1. The topological polar surface area (TPSA) is 99.9 Å². The summed E-state index contributed by atoms with van der Waals surface area (Å²) in [4.78, 5) is 41.3. The number of piperidine rings is 3. The Morgan fingerprint density at radius 1 is 0.923 bits per heavy atom. The fourth-order valence-corrected chi connectivity index (χ4v) is 12.5. The zero-order valence-corrected chi connectivity index (χ0v) is 31.6. The molecule has 2 aliphatic carbocycles. The number of benzene rings is 2. The molecule has 9 heteroatoms. The molecular weight excluding hydrogens is 652 g/mol. The quantitative estimate of drug-likeness (QED) is 0.219. The van der Waals surface area contributed by atoms with E-state index in [1.807, 2.05) is 0 Å². The van der Waals surface area contributed by atoms with E-state index in [1.165, 1.54) is 34.0 Å². The average Bonchev–Trinajstić information content (AvgIpc) is 3.70. The molecule has 2 N–H and O–H groups in total.